The van der Waals surface area contributed by atoms with Crippen molar-refractivity contribution in [1.29, 1.82) is 0 Å². The van der Waals surface area contributed by atoms with E-state index in [1.54, 1.807) is 25.1 Å². The molecule has 5 heteroatoms. The van der Waals surface area contributed by atoms with Crippen LogP contribution < -0.4 is 4.74 Å². The van der Waals surface area contributed by atoms with Crippen LogP contribution in [0.1, 0.15) is 18.1 Å². The summed E-state index contributed by atoms with van der Waals surface area (Å²) in [6, 6.07) is 13.0. The molecule has 0 amide bonds. The zero-order chi connectivity index (χ0) is 15.2. The lowest BCUT2D eigenvalue weighted by Crippen LogP contribution is -1.99. The first-order valence-corrected chi connectivity index (χ1v) is 7.18. The highest BCUT2D eigenvalue weighted by Crippen LogP contribution is 2.26. The van der Waals surface area contributed by atoms with Crippen LogP contribution in [0.15, 0.2) is 47.6 Å². The van der Waals surface area contributed by atoms with E-state index in [9.17, 15) is 0 Å². The van der Waals surface area contributed by atoms with Crippen molar-refractivity contribution >= 4 is 28.9 Å². The number of rotatable bonds is 5. The summed E-state index contributed by atoms with van der Waals surface area (Å²) in [5.74, 6) is 0.730. The van der Waals surface area contributed by atoms with Gasteiger partial charge in [-0.15, -0.1) is 0 Å². The fourth-order valence-electron chi connectivity index (χ4n) is 1.86. The number of halogens is 2. The monoisotopic (exact) mass is 323 g/mol. The van der Waals surface area contributed by atoms with Crippen molar-refractivity contribution in [1.82, 2.24) is 0 Å². The lowest BCUT2D eigenvalue weighted by atomic mass is 10.1. The van der Waals surface area contributed by atoms with Crippen molar-refractivity contribution < 1.29 is 9.94 Å². The van der Waals surface area contributed by atoms with Crippen molar-refractivity contribution in [2.75, 3.05) is 0 Å². The van der Waals surface area contributed by atoms with Gasteiger partial charge in [-0.05, 0) is 36.8 Å². The topological polar surface area (TPSA) is 41.8 Å². The molecule has 110 valence electrons. The summed E-state index contributed by atoms with van der Waals surface area (Å²) >= 11 is 12.2. The van der Waals surface area contributed by atoms with Crippen LogP contribution >= 0.6 is 23.2 Å². The summed E-state index contributed by atoms with van der Waals surface area (Å²) in [5, 5.41) is 13.0. The number of nitrogens with zero attached hydrogens (tertiary/aromatic N) is 1. The molecule has 21 heavy (non-hydrogen) atoms. The van der Waals surface area contributed by atoms with Gasteiger partial charge in [0.2, 0.25) is 0 Å². The molecule has 0 fully saturated rings. The van der Waals surface area contributed by atoms with E-state index >= 15 is 0 Å². The van der Waals surface area contributed by atoms with E-state index < -0.39 is 0 Å². The molecule has 0 aliphatic rings. The van der Waals surface area contributed by atoms with E-state index in [2.05, 4.69) is 5.16 Å². The highest BCUT2D eigenvalue weighted by atomic mass is 35.5. The first-order chi connectivity index (χ1) is 10.1. The van der Waals surface area contributed by atoms with E-state index in [0.29, 0.717) is 28.8 Å². The third kappa shape index (κ3) is 4.38. The Labute approximate surface area is 133 Å². The zero-order valence-electron chi connectivity index (χ0n) is 11.5. The van der Waals surface area contributed by atoms with Crippen LogP contribution in [0, 0.1) is 0 Å². The average Bonchev–Trinajstić information content (AvgIpc) is 2.48. The summed E-state index contributed by atoms with van der Waals surface area (Å²) in [7, 11) is 0. The van der Waals surface area contributed by atoms with Crippen molar-refractivity contribution in [3.05, 3.63) is 63.6 Å². The molecular formula is C16H15Cl2NO2. The molecule has 0 aromatic heterocycles. The summed E-state index contributed by atoms with van der Waals surface area (Å²) in [6.07, 6.45) is 0.604. The molecule has 2 aromatic carbocycles. The molecule has 0 bridgehead atoms. The van der Waals surface area contributed by atoms with Gasteiger partial charge in [0.05, 0.1) is 5.71 Å². The van der Waals surface area contributed by atoms with Crippen molar-refractivity contribution in [2.24, 2.45) is 5.16 Å². The van der Waals surface area contributed by atoms with E-state index in [1.165, 1.54) is 0 Å². The lowest BCUT2D eigenvalue weighted by Gasteiger charge is -2.10. The highest BCUT2D eigenvalue weighted by molar-refractivity contribution is 6.35. The molecule has 0 aliphatic carbocycles. The number of ether oxygens (including phenoxy) is 1. The van der Waals surface area contributed by atoms with Gasteiger partial charge in [0.15, 0.2) is 0 Å². The summed E-state index contributed by atoms with van der Waals surface area (Å²) in [6.45, 7) is 2.08. The third-order valence-corrected chi connectivity index (χ3v) is 3.71. The lowest BCUT2D eigenvalue weighted by molar-refractivity contribution is 0.306. The van der Waals surface area contributed by atoms with Crippen LogP contribution in [0.4, 0.5) is 0 Å². The minimum absolute atomic E-state index is 0.314. The predicted octanol–water partition coefficient (Wildman–Crippen LogP) is 4.97. The summed E-state index contributed by atoms with van der Waals surface area (Å²) in [4.78, 5) is 0. The number of hydrogen-bond donors (Lipinski definition) is 1. The highest BCUT2D eigenvalue weighted by Gasteiger charge is 2.06. The molecule has 0 aliphatic heterocycles. The predicted molar refractivity (Wildman–Crippen MR) is 85.8 cm³/mol. The van der Waals surface area contributed by atoms with Gasteiger partial charge in [0.25, 0.3) is 0 Å². The van der Waals surface area contributed by atoms with E-state index in [-0.39, 0.29) is 0 Å². The summed E-state index contributed by atoms with van der Waals surface area (Å²) < 4.78 is 5.69. The smallest absolute Gasteiger partial charge is 0.119 e. The minimum atomic E-state index is 0.314. The van der Waals surface area contributed by atoms with E-state index in [4.69, 9.17) is 33.1 Å². The molecule has 1 N–H and O–H groups in total. The van der Waals surface area contributed by atoms with Crippen LogP contribution in [0.2, 0.25) is 10.0 Å². The van der Waals surface area contributed by atoms with Crippen LogP contribution in [0.25, 0.3) is 0 Å². The zero-order valence-corrected chi connectivity index (χ0v) is 13.0. The van der Waals surface area contributed by atoms with Gasteiger partial charge in [-0.25, -0.2) is 0 Å². The second-order valence-corrected chi connectivity index (χ2v) is 5.46. The Hall–Kier alpha value is -1.71. The molecule has 0 atom stereocenters. The Morgan fingerprint density at radius 2 is 1.71 bits per heavy atom. The molecule has 2 rings (SSSR count). The van der Waals surface area contributed by atoms with Gasteiger partial charge < -0.3 is 9.94 Å². The quantitative estimate of drug-likeness (QED) is 0.479. The maximum atomic E-state index is 8.65. The van der Waals surface area contributed by atoms with Gasteiger partial charge in [-0.2, -0.15) is 0 Å². The standard InChI is InChI=1S/C16H15Cl2NO2/c1-11(19-20)9-12-5-7-13(8-6-12)21-10-14-15(17)3-2-4-16(14)18/h2-8,20H,9-10H2,1H3/b19-11-. The molecule has 2 aromatic rings. The van der Waals surface area contributed by atoms with Crippen LogP contribution in [0.3, 0.4) is 0 Å². The van der Waals surface area contributed by atoms with Gasteiger partial charge in [0.1, 0.15) is 12.4 Å². The van der Waals surface area contributed by atoms with Crippen molar-refractivity contribution in [3.63, 3.8) is 0 Å². The fraction of sp³-hybridized carbons (Fsp3) is 0.188. The molecule has 0 radical (unpaired) electrons. The van der Waals surface area contributed by atoms with Gasteiger partial charge in [0, 0.05) is 22.0 Å². The second-order valence-electron chi connectivity index (χ2n) is 4.64. The molecule has 0 saturated carbocycles. The molecule has 0 heterocycles. The molecule has 0 spiro atoms. The largest absolute Gasteiger partial charge is 0.489 e. The minimum Gasteiger partial charge on any atom is -0.489 e. The fourth-order valence-corrected chi connectivity index (χ4v) is 2.37. The van der Waals surface area contributed by atoms with Gasteiger partial charge in [-0.3, -0.25) is 0 Å². The first kappa shape index (κ1) is 15.7. The Kier molecular flexibility index (Phi) is 5.48. The number of oxime groups is 1. The van der Waals surface area contributed by atoms with Crippen molar-refractivity contribution in [2.45, 2.75) is 20.0 Å². The average molecular weight is 324 g/mol. The van der Waals surface area contributed by atoms with Crippen molar-refractivity contribution in [3.8, 4) is 5.75 Å². The second kappa shape index (κ2) is 7.34. The van der Waals surface area contributed by atoms with Gasteiger partial charge in [-0.1, -0.05) is 46.6 Å². The van der Waals surface area contributed by atoms with Crippen LogP contribution in [-0.2, 0) is 13.0 Å². The maximum absolute atomic E-state index is 8.65. The molecule has 3 nitrogen and oxygen atoms in total. The van der Waals surface area contributed by atoms with E-state index in [1.807, 2.05) is 24.3 Å². The number of hydrogen-bond acceptors (Lipinski definition) is 3. The molecule has 0 unspecified atom stereocenters. The Balaban J connectivity index is 2.01. The molecule has 0 saturated heterocycles. The first-order valence-electron chi connectivity index (χ1n) is 6.42. The Bertz CT molecular complexity index is 619. The SMILES string of the molecule is C/C(Cc1ccc(OCc2c(Cl)cccc2Cl)cc1)=N/O. The number of benzene rings is 2. The maximum Gasteiger partial charge on any atom is 0.119 e. The van der Waals surface area contributed by atoms with Crippen LogP contribution in [0.5, 0.6) is 5.75 Å². The summed E-state index contributed by atoms with van der Waals surface area (Å²) in [5.41, 5.74) is 2.48. The Morgan fingerprint density at radius 1 is 1.10 bits per heavy atom. The Morgan fingerprint density at radius 3 is 2.29 bits per heavy atom. The normalized spacial score (nSPS) is 11.5. The molecular weight excluding hydrogens is 309 g/mol. The van der Waals surface area contributed by atoms with Crippen LogP contribution in [-0.4, -0.2) is 10.9 Å². The van der Waals surface area contributed by atoms with E-state index in [0.717, 1.165) is 16.9 Å². The van der Waals surface area contributed by atoms with Gasteiger partial charge >= 0.3 is 0 Å². The third-order valence-electron chi connectivity index (χ3n) is 3.00.